The summed E-state index contributed by atoms with van der Waals surface area (Å²) in [4.78, 5) is 24.3. The topological polar surface area (TPSA) is 70.4 Å². The predicted molar refractivity (Wildman–Crippen MR) is 74.3 cm³/mol. The van der Waals surface area contributed by atoms with E-state index in [0.29, 0.717) is 5.56 Å². The maximum Gasteiger partial charge on any atom is 0.331 e. The van der Waals surface area contributed by atoms with E-state index in [1.165, 1.54) is 42.3 Å². The lowest BCUT2D eigenvalue weighted by Crippen LogP contribution is -2.31. The Labute approximate surface area is 122 Å². The van der Waals surface area contributed by atoms with E-state index in [-0.39, 0.29) is 31.3 Å². The molecule has 0 heterocycles. The van der Waals surface area contributed by atoms with Crippen molar-refractivity contribution in [3.63, 3.8) is 0 Å². The lowest BCUT2D eigenvalue weighted by molar-refractivity contribution is -0.147. The second-order valence-electron chi connectivity index (χ2n) is 4.22. The van der Waals surface area contributed by atoms with Crippen molar-refractivity contribution in [3.8, 4) is 6.07 Å². The highest BCUT2D eigenvalue weighted by Crippen LogP contribution is 2.04. The van der Waals surface area contributed by atoms with Gasteiger partial charge in [0.2, 0.25) is 0 Å². The number of benzene rings is 1. The van der Waals surface area contributed by atoms with Crippen LogP contribution in [0.15, 0.2) is 30.3 Å². The Balaban J connectivity index is 2.38. The van der Waals surface area contributed by atoms with Crippen LogP contribution in [0.25, 0.3) is 6.08 Å². The number of esters is 1. The first-order chi connectivity index (χ1) is 10.0. The van der Waals surface area contributed by atoms with Crippen LogP contribution in [0.5, 0.6) is 0 Å². The van der Waals surface area contributed by atoms with E-state index in [4.69, 9.17) is 10.00 Å². The smallest absolute Gasteiger partial charge is 0.331 e. The molecule has 0 saturated heterocycles. The average Bonchev–Trinajstić information content (AvgIpc) is 2.49. The van der Waals surface area contributed by atoms with Crippen molar-refractivity contribution in [1.82, 2.24) is 4.90 Å². The summed E-state index contributed by atoms with van der Waals surface area (Å²) in [5, 5.41) is 8.40. The zero-order valence-corrected chi connectivity index (χ0v) is 11.6. The van der Waals surface area contributed by atoms with Crippen LogP contribution < -0.4 is 0 Å². The molecule has 0 radical (unpaired) electrons. The molecule has 1 rings (SSSR count). The van der Waals surface area contributed by atoms with Crippen LogP contribution in [-0.4, -0.2) is 37.0 Å². The van der Waals surface area contributed by atoms with Crippen molar-refractivity contribution in [1.29, 1.82) is 5.26 Å². The van der Waals surface area contributed by atoms with Gasteiger partial charge >= 0.3 is 5.97 Å². The Morgan fingerprint density at radius 3 is 2.67 bits per heavy atom. The van der Waals surface area contributed by atoms with Crippen LogP contribution >= 0.6 is 0 Å². The number of carbonyl (C=O) groups excluding carboxylic acids is 2. The lowest BCUT2D eigenvalue weighted by Gasteiger charge is -2.14. The van der Waals surface area contributed by atoms with E-state index in [0.717, 1.165) is 6.08 Å². The highest BCUT2D eigenvalue weighted by atomic mass is 19.1. The summed E-state index contributed by atoms with van der Waals surface area (Å²) in [7, 11) is 1.53. The number of hydrogen-bond acceptors (Lipinski definition) is 4. The SMILES string of the molecule is CN(CCC#N)C(=O)COC(=O)/C=C/c1ccc(F)cc1. The second kappa shape index (κ2) is 8.48. The minimum atomic E-state index is -0.665. The zero-order chi connectivity index (χ0) is 15.7. The highest BCUT2D eigenvalue weighted by Gasteiger charge is 2.10. The third kappa shape index (κ3) is 6.34. The second-order valence-corrected chi connectivity index (χ2v) is 4.22. The zero-order valence-electron chi connectivity index (χ0n) is 11.6. The van der Waals surface area contributed by atoms with E-state index in [1.54, 1.807) is 0 Å². The van der Waals surface area contributed by atoms with Gasteiger partial charge in [0.1, 0.15) is 5.82 Å². The van der Waals surface area contributed by atoms with Gasteiger partial charge in [0.05, 0.1) is 12.5 Å². The van der Waals surface area contributed by atoms with Crippen molar-refractivity contribution < 1.29 is 18.7 Å². The minimum Gasteiger partial charge on any atom is -0.452 e. The van der Waals surface area contributed by atoms with E-state index in [9.17, 15) is 14.0 Å². The molecule has 0 aliphatic rings. The molecule has 0 unspecified atom stereocenters. The quantitative estimate of drug-likeness (QED) is 0.591. The summed E-state index contributed by atoms with van der Waals surface area (Å²) < 4.78 is 17.5. The Kier molecular flexibility index (Phi) is 6.61. The highest BCUT2D eigenvalue weighted by molar-refractivity contribution is 5.89. The number of nitriles is 1. The van der Waals surface area contributed by atoms with E-state index >= 15 is 0 Å². The third-order valence-corrected chi connectivity index (χ3v) is 2.60. The number of likely N-dealkylation sites (N-methyl/N-ethyl adjacent to an activating group) is 1. The maximum atomic E-state index is 12.7. The molecular formula is C15H15FN2O3. The number of amides is 1. The Morgan fingerprint density at radius 2 is 2.05 bits per heavy atom. The molecular weight excluding hydrogens is 275 g/mol. The molecule has 1 aromatic carbocycles. The first kappa shape index (κ1) is 16.4. The molecule has 0 aliphatic carbocycles. The standard InChI is InChI=1S/C15H15FN2O3/c1-18(10-2-9-17)14(19)11-21-15(20)8-5-12-3-6-13(16)7-4-12/h3-8H,2,10-11H2,1H3/b8-5+. The number of nitrogens with zero attached hydrogens (tertiary/aromatic N) is 2. The molecule has 0 fully saturated rings. The lowest BCUT2D eigenvalue weighted by atomic mass is 10.2. The monoisotopic (exact) mass is 290 g/mol. The van der Waals surface area contributed by atoms with Gasteiger partial charge in [-0.3, -0.25) is 4.79 Å². The van der Waals surface area contributed by atoms with Crippen LogP contribution in [0.2, 0.25) is 0 Å². The Hall–Kier alpha value is -2.68. The molecule has 0 saturated carbocycles. The van der Waals surface area contributed by atoms with Gasteiger partial charge in [0.15, 0.2) is 6.61 Å². The number of ether oxygens (including phenoxy) is 1. The third-order valence-electron chi connectivity index (χ3n) is 2.60. The average molecular weight is 290 g/mol. The fraction of sp³-hybridized carbons (Fsp3) is 0.267. The van der Waals surface area contributed by atoms with Crippen molar-refractivity contribution in [3.05, 3.63) is 41.7 Å². The van der Waals surface area contributed by atoms with Crippen molar-refractivity contribution in [2.45, 2.75) is 6.42 Å². The molecule has 5 nitrogen and oxygen atoms in total. The molecule has 0 aromatic heterocycles. The van der Waals surface area contributed by atoms with Gasteiger partial charge in [-0.05, 0) is 23.8 Å². The largest absolute Gasteiger partial charge is 0.452 e. The number of halogens is 1. The molecule has 0 aliphatic heterocycles. The molecule has 6 heteroatoms. The summed E-state index contributed by atoms with van der Waals surface area (Å²) in [6, 6.07) is 7.50. The van der Waals surface area contributed by atoms with Crippen LogP contribution in [0.3, 0.4) is 0 Å². The van der Waals surface area contributed by atoms with E-state index in [2.05, 4.69) is 0 Å². The minimum absolute atomic E-state index is 0.223. The normalized spacial score (nSPS) is 10.1. The van der Waals surface area contributed by atoms with Crippen molar-refractivity contribution >= 4 is 18.0 Å². The first-order valence-electron chi connectivity index (χ1n) is 6.24. The molecule has 110 valence electrons. The van der Waals surface area contributed by atoms with Gasteiger partial charge in [-0.25, -0.2) is 9.18 Å². The predicted octanol–water partition coefficient (Wildman–Crippen LogP) is 1.75. The van der Waals surface area contributed by atoms with Crippen LogP contribution in [0.4, 0.5) is 4.39 Å². The summed E-state index contributed by atoms with van der Waals surface area (Å²) in [5.41, 5.74) is 0.644. The van der Waals surface area contributed by atoms with Gasteiger partial charge in [0, 0.05) is 19.7 Å². The number of carbonyl (C=O) groups is 2. The Bertz CT molecular complexity index is 561. The molecule has 0 atom stereocenters. The maximum absolute atomic E-state index is 12.7. The van der Waals surface area contributed by atoms with Gasteiger partial charge in [-0.1, -0.05) is 12.1 Å². The number of hydrogen-bond donors (Lipinski definition) is 0. The molecule has 1 amide bonds. The van der Waals surface area contributed by atoms with E-state index in [1.807, 2.05) is 6.07 Å². The fourth-order valence-electron chi connectivity index (χ4n) is 1.37. The molecule has 0 spiro atoms. The number of rotatable bonds is 6. The van der Waals surface area contributed by atoms with Gasteiger partial charge in [0.25, 0.3) is 5.91 Å². The first-order valence-corrected chi connectivity index (χ1v) is 6.24. The summed E-state index contributed by atoms with van der Waals surface area (Å²) >= 11 is 0. The molecule has 0 bridgehead atoms. The fourth-order valence-corrected chi connectivity index (χ4v) is 1.37. The van der Waals surface area contributed by atoms with Crippen LogP contribution in [0, 0.1) is 17.1 Å². The molecule has 1 aromatic rings. The van der Waals surface area contributed by atoms with Crippen LogP contribution in [0.1, 0.15) is 12.0 Å². The van der Waals surface area contributed by atoms with Crippen molar-refractivity contribution in [2.75, 3.05) is 20.2 Å². The van der Waals surface area contributed by atoms with E-state index < -0.39 is 5.97 Å². The molecule has 21 heavy (non-hydrogen) atoms. The van der Waals surface area contributed by atoms with Crippen LogP contribution in [-0.2, 0) is 14.3 Å². The van der Waals surface area contributed by atoms with Gasteiger partial charge in [-0.2, -0.15) is 5.26 Å². The van der Waals surface area contributed by atoms with Crippen molar-refractivity contribution in [2.24, 2.45) is 0 Å². The van der Waals surface area contributed by atoms with Gasteiger partial charge in [-0.15, -0.1) is 0 Å². The summed E-state index contributed by atoms with van der Waals surface area (Å²) in [5.74, 6) is -1.41. The van der Waals surface area contributed by atoms with Gasteiger partial charge < -0.3 is 9.64 Å². The summed E-state index contributed by atoms with van der Waals surface area (Å²) in [6.07, 6.45) is 2.85. The summed E-state index contributed by atoms with van der Waals surface area (Å²) in [6.45, 7) is -0.0905. The molecule has 0 N–H and O–H groups in total. The Morgan fingerprint density at radius 1 is 1.38 bits per heavy atom.